The molecule has 0 aromatic heterocycles. The van der Waals surface area contributed by atoms with Crippen molar-refractivity contribution in [2.24, 2.45) is 0 Å². The van der Waals surface area contributed by atoms with Crippen molar-refractivity contribution in [3.63, 3.8) is 0 Å². The fourth-order valence-electron chi connectivity index (χ4n) is 5.80. The van der Waals surface area contributed by atoms with Gasteiger partial charge in [0.05, 0.1) is 20.6 Å². The molecular weight excluding hydrogens is 660 g/mol. The average molecular weight is 697 g/mol. The van der Waals surface area contributed by atoms with E-state index in [1.165, 1.54) is 41.3 Å². The first-order valence-electron chi connectivity index (χ1n) is 15.5. The number of halogens is 3. The standard InChI is InChI=1S/C36H36Cl2FN3O4S/c37-31-21-20-29(23-32(31)38)42(47(45,46)30-17-8-3-9-18-30)25-35(43)41(24-27-14-10-11-19-33(27)39)34(22-26-12-4-1-5-13-26)36(44)40-28-15-6-2-7-16-28/h1,3-5,8-14,17-21,23,28,34H,2,6-7,15-16,22,24-25H2,(H,40,44)/t34-/m0/s1. The number of hydrogen-bond acceptors (Lipinski definition) is 4. The topological polar surface area (TPSA) is 86.8 Å². The highest BCUT2D eigenvalue weighted by molar-refractivity contribution is 7.92. The van der Waals surface area contributed by atoms with E-state index in [1.54, 1.807) is 36.4 Å². The summed E-state index contributed by atoms with van der Waals surface area (Å²) < 4.78 is 44.3. The number of nitrogens with zero attached hydrogens (tertiary/aromatic N) is 2. The van der Waals surface area contributed by atoms with Crippen molar-refractivity contribution in [3.05, 3.63) is 130 Å². The molecule has 0 saturated heterocycles. The zero-order valence-corrected chi connectivity index (χ0v) is 28.0. The molecule has 2 amide bonds. The molecule has 246 valence electrons. The van der Waals surface area contributed by atoms with Crippen LogP contribution in [0.3, 0.4) is 0 Å². The van der Waals surface area contributed by atoms with Gasteiger partial charge in [0.15, 0.2) is 0 Å². The van der Waals surface area contributed by atoms with Gasteiger partial charge in [-0.15, -0.1) is 0 Å². The maximum Gasteiger partial charge on any atom is 0.264 e. The largest absolute Gasteiger partial charge is 0.352 e. The minimum absolute atomic E-state index is 0.0459. The summed E-state index contributed by atoms with van der Waals surface area (Å²) >= 11 is 12.5. The van der Waals surface area contributed by atoms with E-state index in [9.17, 15) is 18.0 Å². The lowest BCUT2D eigenvalue weighted by molar-refractivity contribution is -0.140. The molecule has 1 saturated carbocycles. The van der Waals surface area contributed by atoms with Crippen LogP contribution in [0.2, 0.25) is 10.0 Å². The van der Waals surface area contributed by atoms with Gasteiger partial charge in [0.25, 0.3) is 10.0 Å². The van der Waals surface area contributed by atoms with E-state index < -0.39 is 34.3 Å². The lowest BCUT2D eigenvalue weighted by Gasteiger charge is -2.35. The van der Waals surface area contributed by atoms with Gasteiger partial charge in [-0.3, -0.25) is 13.9 Å². The minimum atomic E-state index is -4.31. The van der Waals surface area contributed by atoms with E-state index in [1.807, 2.05) is 30.3 Å². The second-order valence-electron chi connectivity index (χ2n) is 11.6. The number of carbonyl (C=O) groups is 2. The highest BCUT2D eigenvalue weighted by Crippen LogP contribution is 2.31. The molecule has 4 aromatic rings. The highest BCUT2D eigenvalue weighted by atomic mass is 35.5. The normalized spacial score (nSPS) is 14.3. The Morgan fingerprint density at radius 1 is 0.830 bits per heavy atom. The Morgan fingerprint density at radius 2 is 1.47 bits per heavy atom. The Balaban J connectivity index is 1.58. The van der Waals surface area contributed by atoms with Gasteiger partial charge in [0.2, 0.25) is 11.8 Å². The average Bonchev–Trinajstić information content (AvgIpc) is 3.08. The third kappa shape index (κ3) is 8.71. The molecule has 11 heteroatoms. The van der Waals surface area contributed by atoms with E-state index >= 15 is 4.39 Å². The summed E-state index contributed by atoms with van der Waals surface area (Å²) in [5.74, 6) is -1.62. The summed E-state index contributed by atoms with van der Waals surface area (Å²) in [7, 11) is -4.31. The first-order valence-corrected chi connectivity index (χ1v) is 17.7. The van der Waals surface area contributed by atoms with Crippen molar-refractivity contribution in [3.8, 4) is 0 Å². The predicted octanol–water partition coefficient (Wildman–Crippen LogP) is 7.42. The molecule has 1 aliphatic carbocycles. The molecule has 0 bridgehead atoms. The summed E-state index contributed by atoms with van der Waals surface area (Å²) in [4.78, 5) is 29.9. The van der Waals surface area contributed by atoms with E-state index in [4.69, 9.17) is 23.2 Å². The second-order valence-corrected chi connectivity index (χ2v) is 14.3. The fraction of sp³-hybridized carbons (Fsp3) is 0.278. The predicted molar refractivity (Wildman–Crippen MR) is 183 cm³/mol. The van der Waals surface area contributed by atoms with Crippen LogP contribution in [-0.2, 0) is 32.6 Å². The van der Waals surface area contributed by atoms with E-state index in [0.29, 0.717) is 0 Å². The summed E-state index contributed by atoms with van der Waals surface area (Å²) in [5, 5.41) is 3.45. The van der Waals surface area contributed by atoms with Crippen LogP contribution in [0.5, 0.6) is 0 Å². The lowest BCUT2D eigenvalue weighted by atomic mass is 9.94. The molecule has 1 atom stereocenters. The van der Waals surface area contributed by atoms with Crippen LogP contribution >= 0.6 is 23.2 Å². The highest BCUT2D eigenvalue weighted by Gasteiger charge is 2.36. The number of sulfonamides is 1. The second kappa shape index (κ2) is 15.8. The Kier molecular flexibility index (Phi) is 11.6. The van der Waals surface area contributed by atoms with Crippen LogP contribution in [0.1, 0.15) is 43.2 Å². The SMILES string of the molecule is O=C(NC1CCCCC1)[C@H](Cc1ccccc1)N(Cc1ccccc1F)C(=O)CN(c1ccc(Cl)c(Cl)c1)S(=O)(=O)c1ccccc1. The third-order valence-electron chi connectivity index (χ3n) is 8.32. The molecule has 5 rings (SSSR count). The van der Waals surface area contributed by atoms with Crippen molar-refractivity contribution in [2.45, 2.75) is 62.0 Å². The zero-order chi connectivity index (χ0) is 33.4. The summed E-state index contributed by atoms with van der Waals surface area (Å²) in [6.45, 7) is -0.951. The summed E-state index contributed by atoms with van der Waals surface area (Å²) in [6, 6.07) is 26.1. The van der Waals surface area contributed by atoms with Crippen LogP contribution in [-0.4, -0.2) is 43.8 Å². The van der Waals surface area contributed by atoms with Gasteiger partial charge < -0.3 is 10.2 Å². The van der Waals surface area contributed by atoms with Gasteiger partial charge in [-0.1, -0.05) is 109 Å². The minimum Gasteiger partial charge on any atom is -0.352 e. The molecule has 4 aromatic carbocycles. The number of amides is 2. The molecule has 0 spiro atoms. The van der Waals surface area contributed by atoms with Gasteiger partial charge in [0.1, 0.15) is 18.4 Å². The zero-order valence-electron chi connectivity index (χ0n) is 25.7. The molecule has 47 heavy (non-hydrogen) atoms. The number of benzene rings is 4. The van der Waals surface area contributed by atoms with Crippen molar-refractivity contribution in [1.82, 2.24) is 10.2 Å². The van der Waals surface area contributed by atoms with Crippen LogP contribution in [0.25, 0.3) is 0 Å². The quantitative estimate of drug-likeness (QED) is 0.167. The molecular formula is C36H36Cl2FN3O4S. The lowest BCUT2D eigenvalue weighted by Crippen LogP contribution is -2.55. The van der Waals surface area contributed by atoms with Crippen LogP contribution in [0, 0.1) is 5.82 Å². The van der Waals surface area contributed by atoms with Crippen LogP contribution < -0.4 is 9.62 Å². The maximum atomic E-state index is 15.1. The van der Waals surface area contributed by atoms with Crippen molar-refractivity contribution < 1.29 is 22.4 Å². The molecule has 0 aliphatic heterocycles. The van der Waals surface area contributed by atoms with E-state index in [-0.39, 0.29) is 51.1 Å². The molecule has 7 nitrogen and oxygen atoms in total. The monoisotopic (exact) mass is 695 g/mol. The Hall–Kier alpha value is -3.92. The van der Waals surface area contributed by atoms with Crippen molar-refractivity contribution in [2.75, 3.05) is 10.8 Å². The number of rotatable bonds is 12. The first kappa shape index (κ1) is 34.4. The number of carbonyl (C=O) groups excluding carboxylic acids is 2. The molecule has 0 radical (unpaired) electrons. The van der Waals surface area contributed by atoms with Gasteiger partial charge in [-0.2, -0.15) is 0 Å². The van der Waals surface area contributed by atoms with Gasteiger partial charge in [-0.25, -0.2) is 12.8 Å². The summed E-state index contributed by atoms with van der Waals surface area (Å²) in [5.41, 5.74) is 1.09. The van der Waals surface area contributed by atoms with E-state index in [2.05, 4.69) is 5.32 Å². The van der Waals surface area contributed by atoms with Crippen molar-refractivity contribution >= 4 is 50.7 Å². The summed E-state index contributed by atoms with van der Waals surface area (Å²) in [6.07, 6.45) is 4.86. The molecule has 1 aliphatic rings. The van der Waals surface area contributed by atoms with Crippen LogP contribution in [0.4, 0.5) is 10.1 Å². The number of hydrogen-bond donors (Lipinski definition) is 1. The molecule has 1 N–H and O–H groups in total. The maximum absolute atomic E-state index is 15.1. The first-order chi connectivity index (χ1) is 22.6. The third-order valence-corrected chi connectivity index (χ3v) is 10.8. The Labute approximate surface area is 285 Å². The van der Waals surface area contributed by atoms with Crippen molar-refractivity contribution in [1.29, 1.82) is 0 Å². The Morgan fingerprint density at radius 3 is 2.13 bits per heavy atom. The molecule has 0 unspecified atom stereocenters. The number of nitrogens with one attached hydrogen (secondary N) is 1. The molecule has 1 fully saturated rings. The van der Waals surface area contributed by atoms with Gasteiger partial charge in [-0.05, 0) is 54.8 Å². The Bertz CT molecular complexity index is 1790. The number of anilines is 1. The molecule has 0 heterocycles. The van der Waals surface area contributed by atoms with E-state index in [0.717, 1.165) is 42.0 Å². The fourth-order valence-corrected chi connectivity index (χ4v) is 7.52. The smallest absolute Gasteiger partial charge is 0.264 e. The van der Waals surface area contributed by atoms with Crippen LogP contribution in [0.15, 0.2) is 108 Å². The van der Waals surface area contributed by atoms with Gasteiger partial charge in [0, 0.05) is 24.6 Å². The van der Waals surface area contributed by atoms with Gasteiger partial charge >= 0.3 is 0 Å².